The van der Waals surface area contributed by atoms with Crippen molar-refractivity contribution in [3.05, 3.63) is 0 Å². The number of rotatable bonds is 8. The fraction of sp³-hybridized carbons (Fsp3) is 0.923. The highest BCUT2D eigenvalue weighted by Crippen LogP contribution is 2.14. The first-order valence-corrected chi connectivity index (χ1v) is 6.50. The van der Waals surface area contributed by atoms with E-state index in [4.69, 9.17) is 10.8 Å². The molecule has 0 spiro atoms. The van der Waals surface area contributed by atoms with Crippen LogP contribution >= 0.6 is 0 Å². The molecule has 0 heterocycles. The number of nitrogens with two attached hydrogens (primary N) is 1. The molecule has 0 bridgehead atoms. The van der Waals surface area contributed by atoms with Crippen LogP contribution in [0.3, 0.4) is 0 Å². The summed E-state index contributed by atoms with van der Waals surface area (Å²) in [7, 11) is 0. The molecule has 0 aliphatic rings. The first kappa shape index (κ1) is 16.4. The highest BCUT2D eigenvalue weighted by Gasteiger charge is 2.18. The Labute approximate surface area is 105 Å². The Morgan fingerprint density at radius 3 is 2.24 bits per heavy atom. The van der Waals surface area contributed by atoms with Gasteiger partial charge in [0.2, 0.25) is 5.91 Å². The fourth-order valence-electron chi connectivity index (χ4n) is 1.88. The summed E-state index contributed by atoms with van der Waals surface area (Å²) >= 11 is 0. The summed E-state index contributed by atoms with van der Waals surface area (Å²) < 4.78 is 0. The smallest absolute Gasteiger partial charge is 0.220 e. The van der Waals surface area contributed by atoms with Crippen molar-refractivity contribution in [2.45, 2.75) is 46.6 Å². The van der Waals surface area contributed by atoms with Gasteiger partial charge < -0.3 is 16.2 Å². The van der Waals surface area contributed by atoms with Gasteiger partial charge in [-0.2, -0.15) is 0 Å². The molecule has 0 aromatic carbocycles. The van der Waals surface area contributed by atoms with Crippen LogP contribution < -0.4 is 11.1 Å². The molecule has 2 atom stereocenters. The first-order chi connectivity index (χ1) is 7.90. The number of amides is 1. The molecule has 102 valence electrons. The van der Waals surface area contributed by atoms with Crippen LogP contribution in [0.1, 0.15) is 40.5 Å². The van der Waals surface area contributed by atoms with E-state index in [2.05, 4.69) is 19.2 Å². The third-order valence-corrected chi connectivity index (χ3v) is 2.96. The van der Waals surface area contributed by atoms with Crippen LogP contribution in [0.15, 0.2) is 0 Å². The number of aliphatic hydroxyl groups excluding tert-OH is 1. The van der Waals surface area contributed by atoms with E-state index < -0.39 is 0 Å². The van der Waals surface area contributed by atoms with E-state index in [9.17, 15) is 4.79 Å². The zero-order chi connectivity index (χ0) is 13.4. The maximum absolute atomic E-state index is 11.8. The Bertz CT molecular complexity index is 217. The van der Waals surface area contributed by atoms with Crippen molar-refractivity contribution in [1.82, 2.24) is 5.32 Å². The predicted octanol–water partition coefficient (Wildman–Crippen LogP) is 1.13. The van der Waals surface area contributed by atoms with Gasteiger partial charge >= 0.3 is 0 Å². The summed E-state index contributed by atoms with van der Waals surface area (Å²) in [5.41, 5.74) is 5.66. The molecule has 4 nitrogen and oxygen atoms in total. The highest BCUT2D eigenvalue weighted by molar-refractivity contribution is 5.76. The van der Waals surface area contributed by atoms with E-state index in [-0.39, 0.29) is 30.4 Å². The molecule has 17 heavy (non-hydrogen) atoms. The van der Waals surface area contributed by atoms with E-state index >= 15 is 0 Å². The van der Waals surface area contributed by atoms with E-state index in [1.54, 1.807) is 0 Å². The van der Waals surface area contributed by atoms with Crippen molar-refractivity contribution >= 4 is 5.91 Å². The molecule has 0 radical (unpaired) electrons. The molecular weight excluding hydrogens is 216 g/mol. The third kappa shape index (κ3) is 7.34. The van der Waals surface area contributed by atoms with Crippen LogP contribution in [0.4, 0.5) is 0 Å². The normalized spacial score (nSPS) is 15.1. The van der Waals surface area contributed by atoms with Gasteiger partial charge in [0, 0.05) is 6.42 Å². The predicted molar refractivity (Wildman–Crippen MR) is 70.5 cm³/mol. The van der Waals surface area contributed by atoms with Gasteiger partial charge in [0.05, 0.1) is 12.6 Å². The average Bonchev–Trinajstić information content (AvgIpc) is 2.23. The molecule has 0 saturated heterocycles. The standard InChI is InChI=1S/C13H28N2O2/c1-9(2)5-11(7-14)6-13(17)15-12(8-16)10(3)4/h9-12,16H,5-8,14H2,1-4H3,(H,15,17)/t11?,12-/m1/s1. The molecule has 0 aliphatic heterocycles. The minimum Gasteiger partial charge on any atom is -0.394 e. The minimum atomic E-state index is -0.153. The lowest BCUT2D eigenvalue weighted by Crippen LogP contribution is -2.42. The van der Waals surface area contributed by atoms with Gasteiger partial charge in [-0.05, 0) is 30.7 Å². The fourth-order valence-corrected chi connectivity index (χ4v) is 1.88. The Morgan fingerprint density at radius 1 is 1.29 bits per heavy atom. The molecule has 0 aromatic rings. The Balaban J connectivity index is 4.13. The van der Waals surface area contributed by atoms with Crippen LogP contribution in [0.5, 0.6) is 0 Å². The van der Waals surface area contributed by atoms with E-state index in [0.717, 1.165) is 6.42 Å². The van der Waals surface area contributed by atoms with Gasteiger partial charge in [-0.3, -0.25) is 4.79 Å². The molecule has 0 aromatic heterocycles. The molecule has 0 rings (SSSR count). The van der Waals surface area contributed by atoms with Crippen LogP contribution in [-0.4, -0.2) is 30.2 Å². The van der Waals surface area contributed by atoms with Gasteiger partial charge in [-0.25, -0.2) is 0 Å². The van der Waals surface area contributed by atoms with Gasteiger partial charge in [0.25, 0.3) is 0 Å². The van der Waals surface area contributed by atoms with Crippen LogP contribution in [0, 0.1) is 17.8 Å². The maximum Gasteiger partial charge on any atom is 0.220 e. The SMILES string of the molecule is CC(C)CC(CN)CC(=O)N[C@H](CO)C(C)C. The van der Waals surface area contributed by atoms with Crippen molar-refractivity contribution in [2.24, 2.45) is 23.5 Å². The molecule has 1 amide bonds. The van der Waals surface area contributed by atoms with Gasteiger partial charge in [-0.15, -0.1) is 0 Å². The van der Waals surface area contributed by atoms with Crippen molar-refractivity contribution in [1.29, 1.82) is 0 Å². The molecule has 0 saturated carbocycles. The van der Waals surface area contributed by atoms with Gasteiger partial charge in [-0.1, -0.05) is 27.7 Å². The average molecular weight is 244 g/mol. The van der Waals surface area contributed by atoms with Crippen molar-refractivity contribution in [2.75, 3.05) is 13.2 Å². The molecule has 1 unspecified atom stereocenters. The number of hydrogen-bond donors (Lipinski definition) is 3. The number of aliphatic hydroxyl groups is 1. The summed E-state index contributed by atoms with van der Waals surface area (Å²) in [4.78, 5) is 11.8. The molecule has 4 N–H and O–H groups in total. The Kier molecular flexibility index (Phi) is 8.17. The number of carbonyl (C=O) groups is 1. The zero-order valence-corrected chi connectivity index (χ0v) is 11.6. The van der Waals surface area contributed by atoms with Gasteiger partial charge in [0.15, 0.2) is 0 Å². The molecule has 0 aliphatic carbocycles. The number of carbonyl (C=O) groups excluding carboxylic acids is 1. The minimum absolute atomic E-state index is 0.00569. The van der Waals surface area contributed by atoms with Crippen LogP contribution in [-0.2, 0) is 4.79 Å². The van der Waals surface area contributed by atoms with Crippen molar-refractivity contribution in [3.63, 3.8) is 0 Å². The van der Waals surface area contributed by atoms with E-state index in [1.807, 2.05) is 13.8 Å². The summed E-state index contributed by atoms with van der Waals surface area (Å²) in [6, 6.07) is -0.153. The Morgan fingerprint density at radius 2 is 1.88 bits per heavy atom. The lowest BCUT2D eigenvalue weighted by molar-refractivity contribution is -0.123. The molecule has 0 fully saturated rings. The molecule has 4 heteroatoms. The summed E-state index contributed by atoms with van der Waals surface area (Å²) in [6.45, 7) is 8.75. The maximum atomic E-state index is 11.8. The van der Waals surface area contributed by atoms with Crippen molar-refractivity contribution in [3.8, 4) is 0 Å². The number of hydrogen-bond acceptors (Lipinski definition) is 3. The van der Waals surface area contributed by atoms with E-state index in [1.165, 1.54) is 0 Å². The highest BCUT2D eigenvalue weighted by atomic mass is 16.3. The third-order valence-electron chi connectivity index (χ3n) is 2.96. The summed E-state index contributed by atoms with van der Waals surface area (Å²) in [6.07, 6.45) is 1.42. The zero-order valence-electron chi connectivity index (χ0n) is 11.6. The quantitative estimate of drug-likeness (QED) is 0.599. The van der Waals surface area contributed by atoms with Gasteiger partial charge in [0.1, 0.15) is 0 Å². The number of nitrogens with one attached hydrogen (secondary N) is 1. The lowest BCUT2D eigenvalue weighted by atomic mass is 9.93. The molecular formula is C13H28N2O2. The largest absolute Gasteiger partial charge is 0.394 e. The monoisotopic (exact) mass is 244 g/mol. The second-order valence-corrected chi connectivity index (χ2v) is 5.54. The second-order valence-electron chi connectivity index (χ2n) is 5.54. The Hall–Kier alpha value is -0.610. The lowest BCUT2D eigenvalue weighted by Gasteiger charge is -2.22. The second kappa shape index (κ2) is 8.48. The summed E-state index contributed by atoms with van der Waals surface area (Å²) in [5, 5.41) is 12.0. The van der Waals surface area contributed by atoms with Crippen LogP contribution in [0.2, 0.25) is 0 Å². The van der Waals surface area contributed by atoms with Crippen LogP contribution in [0.25, 0.3) is 0 Å². The summed E-state index contributed by atoms with van der Waals surface area (Å²) in [5.74, 6) is 1.02. The first-order valence-electron chi connectivity index (χ1n) is 6.50. The topological polar surface area (TPSA) is 75.4 Å². The van der Waals surface area contributed by atoms with Crippen molar-refractivity contribution < 1.29 is 9.90 Å². The van der Waals surface area contributed by atoms with E-state index in [0.29, 0.717) is 18.9 Å².